The fourth-order valence-corrected chi connectivity index (χ4v) is 2.04. The molecule has 2 aromatic rings. The highest BCUT2D eigenvalue weighted by Crippen LogP contribution is 2.18. The number of hydrogen-bond acceptors (Lipinski definition) is 5. The zero-order valence-electron chi connectivity index (χ0n) is 13.7. The molecule has 0 spiro atoms. The topological polar surface area (TPSA) is 115 Å². The van der Waals surface area contributed by atoms with Crippen LogP contribution >= 0.6 is 0 Å². The standard InChI is InChI=1S/C18H16N4O3/c1-11-3-8-15(12(2)9-11)20-17(23)16(10-19)22-21-14-6-4-13(5-7-14)18(24)25/h3-9,19H,1-2H3,(H,20,23)(H,24,25). The number of anilines is 1. The van der Waals surface area contributed by atoms with Crippen molar-refractivity contribution in [3.8, 4) is 0 Å². The molecule has 0 heterocycles. The van der Waals surface area contributed by atoms with E-state index in [1.54, 1.807) is 6.07 Å². The Kier molecular flexibility index (Phi) is 5.55. The number of rotatable bonds is 5. The molecule has 2 aromatic carbocycles. The van der Waals surface area contributed by atoms with Crippen molar-refractivity contribution >= 4 is 29.1 Å². The number of carboxylic acid groups (broad SMARTS) is 1. The Morgan fingerprint density at radius 2 is 1.80 bits per heavy atom. The second-order valence-corrected chi connectivity index (χ2v) is 5.30. The van der Waals surface area contributed by atoms with E-state index < -0.39 is 11.9 Å². The third-order valence-electron chi connectivity index (χ3n) is 3.34. The van der Waals surface area contributed by atoms with Gasteiger partial charge in [0.1, 0.15) is 0 Å². The predicted octanol–water partition coefficient (Wildman–Crippen LogP) is 3.86. The van der Waals surface area contributed by atoms with Gasteiger partial charge < -0.3 is 10.4 Å². The molecular weight excluding hydrogens is 320 g/mol. The van der Waals surface area contributed by atoms with E-state index in [1.807, 2.05) is 31.9 Å². The molecule has 0 fully saturated rings. The van der Waals surface area contributed by atoms with Gasteiger partial charge in [-0.1, -0.05) is 17.7 Å². The molecular formula is C18H16N4O3. The number of aryl methyl sites for hydroxylation is 2. The molecule has 0 atom stereocenters. The van der Waals surface area contributed by atoms with E-state index in [2.05, 4.69) is 15.5 Å². The van der Waals surface area contributed by atoms with Gasteiger partial charge in [-0.25, -0.2) is 4.79 Å². The molecule has 0 unspecified atom stereocenters. The number of nitrogens with zero attached hydrogens (tertiary/aromatic N) is 2. The molecule has 0 aliphatic heterocycles. The molecule has 0 bridgehead atoms. The van der Waals surface area contributed by atoms with Gasteiger partial charge in [0.15, 0.2) is 0 Å². The molecule has 0 saturated heterocycles. The minimum absolute atomic E-state index is 0.120. The van der Waals surface area contributed by atoms with Gasteiger partial charge in [0.05, 0.1) is 11.3 Å². The molecule has 126 valence electrons. The van der Waals surface area contributed by atoms with Crippen LogP contribution in [0, 0.1) is 19.3 Å². The molecule has 1 amide bonds. The van der Waals surface area contributed by atoms with Crippen molar-refractivity contribution in [2.75, 3.05) is 5.32 Å². The number of azo groups is 1. The van der Waals surface area contributed by atoms with Gasteiger partial charge in [-0.3, -0.25) is 10.2 Å². The summed E-state index contributed by atoms with van der Waals surface area (Å²) in [5.74, 6) is 0.304. The van der Waals surface area contributed by atoms with Gasteiger partial charge in [0.2, 0.25) is 5.70 Å². The normalized spacial score (nSPS) is 10.3. The van der Waals surface area contributed by atoms with Crippen LogP contribution in [0.3, 0.4) is 0 Å². The Morgan fingerprint density at radius 1 is 1.12 bits per heavy atom. The summed E-state index contributed by atoms with van der Waals surface area (Å²) < 4.78 is 0. The first-order valence-corrected chi connectivity index (χ1v) is 7.34. The minimum atomic E-state index is -1.04. The number of carboxylic acids is 1. The fraction of sp³-hybridized carbons (Fsp3) is 0.111. The minimum Gasteiger partial charge on any atom is -0.478 e. The lowest BCUT2D eigenvalue weighted by molar-refractivity contribution is -0.112. The summed E-state index contributed by atoms with van der Waals surface area (Å²) in [5.41, 5.74) is 2.76. The monoisotopic (exact) mass is 336 g/mol. The Balaban J connectivity index is 2.12. The van der Waals surface area contributed by atoms with Crippen LogP contribution in [0.15, 0.2) is 58.4 Å². The van der Waals surface area contributed by atoms with Crippen LogP contribution in [0.25, 0.3) is 0 Å². The van der Waals surface area contributed by atoms with Crippen molar-refractivity contribution in [3.05, 3.63) is 64.9 Å². The summed E-state index contributed by atoms with van der Waals surface area (Å²) in [4.78, 5) is 23.0. The third-order valence-corrected chi connectivity index (χ3v) is 3.34. The lowest BCUT2D eigenvalue weighted by atomic mass is 10.1. The van der Waals surface area contributed by atoms with E-state index in [0.29, 0.717) is 11.4 Å². The highest BCUT2D eigenvalue weighted by Gasteiger charge is 2.11. The molecule has 3 N–H and O–H groups in total. The lowest BCUT2D eigenvalue weighted by Crippen LogP contribution is -2.14. The molecule has 0 aliphatic rings. The van der Waals surface area contributed by atoms with Crippen LogP contribution in [0.1, 0.15) is 21.5 Å². The Bertz CT molecular complexity index is 895. The zero-order chi connectivity index (χ0) is 18.4. The van der Waals surface area contributed by atoms with E-state index in [9.17, 15) is 9.59 Å². The molecule has 7 heteroatoms. The lowest BCUT2D eigenvalue weighted by Gasteiger charge is -2.07. The Hall–Kier alpha value is -3.57. The summed E-state index contributed by atoms with van der Waals surface area (Å²) in [5, 5.41) is 26.3. The van der Waals surface area contributed by atoms with E-state index in [1.165, 1.54) is 24.3 Å². The summed E-state index contributed by atoms with van der Waals surface area (Å²) in [6.07, 6.45) is 0. The maximum atomic E-state index is 12.2. The number of hydrogen-bond donors (Lipinski definition) is 3. The first-order valence-electron chi connectivity index (χ1n) is 7.34. The van der Waals surface area contributed by atoms with Gasteiger partial charge in [0, 0.05) is 11.6 Å². The maximum Gasteiger partial charge on any atom is 0.335 e. The van der Waals surface area contributed by atoms with Gasteiger partial charge in [0.25, 0.3) is 5.91 Å². The number of carbonyl (C=O) groups is 2. The van der Waals surface area contributed by atoms with Crippen LogP contribution in [0.2, 0.25) is 0 Å². The fourth-order valence-electron chi connectivity index (χ4n) is 2.04. The van der Waals surface area contributed by atoms with Crippen LogP contribution in [-0.2, 0) is 4.79 Å². The van der Waals surface area contributed by atoms with Gasteiger partial charge in [-0.05, 0) is 49.7 Å². The highest BCUT2D eigenvalue weighted by atomic mass is 16.4. The molecule has 0 aliphatic carbocycles. The highest BCUT2D eigenvalue weighted by molar-refractivity contribution is 6.08. The van der Waals surface area contributed by atoms with Crippen molar-refractivity contribution in [2.45, 2.75) is 13.8 Å². The van der Waals surface area contributed by atoms with E-state index in [0.717, 1.165) is 11.1 Å². The van der Waals surface area contributed by atoms with Crippen molar-refractivity contribution < 1.29 is 14.7 Å². The second kappa shape index (κ2) is 7.81. The third kappa shape index (κ3) is 4.70. The summed E-state index contributed by atoms with van der Waals surface area (Å²) in [6, 6.07) is 11.2. The average Bonchev–Trinajstić information content (AvgIpc) is 2.58. The van der Waals surface area contributed by atoms with E-state index in [4.69, 9.17) is 10.5 Å². The number of aromatic carboxylic acids is 1. The van der Waals surface area contributed by atoms with E-state index in [-0.39, 0.29) is 11.3 Å². The molecule has 0 aromatic heterocycles. The maximum absolute atomic E-state index is 12.2. The molecule has 7 nitrogen and oxygen atoms in total. The van der Waals surface area contributed by atoms with Crippen molar-refractivity contribution in [1.82, 2.24) is 0 Å². The molecule has 25 heavy (non-hydrogen) atoms. The van der Waals surface area contributed by atoms with Gasteiger partial charge >= 0.3 is 5.97 Å². The average molecular weight is 336 g/mol. The van der Waals surface area contributed by atoms with Crippen molar-refractivity contribution in [2.24, 2.45) is 10.2 Å². The quantitative estimate of drug-likeness (QED) is 0.437. The smallest absolute Gasteiger partial charge is 0.335 e. The number of benzene rings is 2. The zero-order valence-corrected chi connectivity index (χ0v) is 13.7. The van der Waals surface area contributed by atoms with Crippen LogP contribution in [-0.4, -0.2) is 22.9 Å². The predicted molar refractivity (Wildman–Crippen MR) is 93.7 cm³/mol. The molecule has 0 radical (unpaired) electrons. The van der Waals surface area contributed by atoms with Crippen LogP contribution < -0.4 is 5.32 Å². The first kappa shape index (κ1) is 17.8. The van der Waals surface area contributed by atoms with Crippen LogP contribution in [0.5, 0.6) is 0 Å². The SMILES string of the molecule is Cc1ccc(NC(=O)C(=C=N)N=Nc2ccc(C(=O)O)cc2)c(C)c1. The number of nitrogens with one attached hydrogen (secondary N) is 2. The second-order valence-electron chi connectivity index (χ2n) is 5.30. The summed E-state index contributed by atoms with van der Waals surface area (Å²) in [6.45, 7) is 3.81. The van der Waals surface area contributed by atoms with Crippen LogP contribution in [0.4, 0.5) is 11.4 Å². The first-order chi connectivity index (χ1) is 11.9. The molecule has 2 rings (SSSR count). The Labute approximate surface area is 144 Å². The van der Waals surface area contributed by atoms with E-state index >= 15 is 0 Å². The van der Waals surface area contributed by atoms with Crippen molar-refractivity contribution in [3.63, 3.8) is 0 Å². The van der Waals surface area contributed by atoms with Crippen molar-refractivity contribution in [1.29, 1.82) is 5.41 Å². The molecule has 0 saturated carbocycles. The number of amides is 1. The number of carbonyl (C=O) groups excluding carboxylic acids is 1. The van der Waals surface area contributed by atoms with Gasteiger partial charge in [-0.15, -0.1) is 10.2 Å². The van der Waals surface area contributed by atoms with Gasteiger partial charge in [-0.2, -0.15) is 0 Å². The summed E-state index contributed by atoms with van der Waals surface area (Å²) in [7, 11) is 0. The Morgan fingerprint density at radius 3 is 2.36 bits per heavy atom. The largest absolute Gasteiger partial charge is 0.478 e. The summed E-state index contributed by atoms with van der Waals surface area (Å²) >= 11 is 0.